The van der Waals surface area contributed by atoms with Gasteiger partial charge in [0.25, 0.3) is 0 Å². The Labute approximate surface area is 199 Å². The number of hydrogen-bond acceptors (Lipinski definition) is 5. The van der Waals surface area contributed by atoms with Gasteiger partial charge in [-0.05, 0) is 30.3 Å². The first kappa shape index (κ1) is 24.2. The van der Waals surface area contributed by atoms with E-state index in [0.717, 1.165) is 11.8 Å². The molecule has 4 rings (SSSR count). The highest BCUT2D eigenvalue weighted by molar-refractivity contribution is 5.90. The van der Waals surface area contributed by atoms with Crippen molar-refractivity contribution in [2.24, 2.45) is 0 Å². The van der Waals surface area contributed by atoms with E-state index in [2.05, 4.69) is 15.6 Å². The van der Waals surface area contributed by atoms with Gasteiger partial charge >= 0.3 is 6.09 Å². The van der Waals surface area contributed by atoms with Gasteiger partial charge in [-0.15, -0.1) is 0 Å². The van der Waals surface area contributed by atoms with Gasteiger partial charge < -0.3 is 15.4 Å². The van der Waals surface area contributed by atoms with Gasteiger partial charge in [-0.3, -0.25) is 14.7 Å². The number of carbonyl (C=O) groups is 2. The lowest BCUT2D eigenvalue weighted by Crippen LogP contribution is -2.33. The highest BCUT2D eigenvalue weighted by Gasteiger charge is 2.33. The number of ether oxygens (including phenoxy) is 1. The summed E-state index contributed by atoms with van der Waals surface area (Å²) in [6.07, 6.45) is 0.370. The normalized spacial score (nSPS) is 15.3. The van der Waals surface area contributed by atoms with Crippen molar-refractivity contribution in [1.82, 2.24) is 15.6 Å². The van der Waals surface area contributed by atoms with Gasteiger partial charge in [0.15, 0.2) is 11.6 Å². The second kappa shape index (κ2) is 10.6. The summed E-state index contributed by atoms with van der Waals surface area (Å²) in [6, 6.07) is 11.9. The Kier molecular flexibility index (Phi) is 7.31. The number of rotatable bonds is 8. The lowest BCUT2D eigenvalue weighted by molar-refractivity contribution is -0.119. The molecule has 7 nitrogen and oxygen atoms in total. The van der Waals surface area contributed by atoms with E-state index in [1.807, 2.05) is 12.1 Å². The molecule has 0 aliphatic carbocycles. The van der Waals surface area contributed by atoms with E-state index in [1.54, 1.807) is 12.3 Å². The fourth-order valence-electron chi connectivity index (χ4n) is 3.75. The largest absolute Gasteiger partial charge is 0.442 e. The Morgan fingerprint density at radius 2 is 1.89 bits per heavy atom. The summed E-state index contributed by atoms with van der Waals surface area (Å²) >= 11 is 0. The van der Waals surface area contributed by atoms with Crippen molar-refractivity contribution < 1.29 is 27.5 Å². The second-order valence-corrected chi connectivity index (χ2v) is 8.04. The molecule has 1 aliphatic heterocycles. The minimum Gasteiger partial charge on any atom is -0.442 e. The Morgan fingerprint density at radius 1 is 1.09 bits per heavy atom. The van der Waals surface area contributed by atoms with Gasteiger partial charge in [-0.2, -0.15) is 0 Å². The predicted octanol–water partition coefficient (Wildman–Crippen LogP) is 3.92. The first-order valence-corrected chi connectivity index (χ1v) is 10.9. The highest BCUT2D eigenvalue weighted by atomic mass is 19.2. The average Bonchev–Trinajstić information content (AvgIpc) is 3.22. The van der Waals surface area contributed by atoms with E-state index in [-0.39, 0.29) is 47.9 Å². The molecular formula is C25H23F3N4O3. The molecule has 1 saturated heterocycles. The number of cyclic esters (lactones) is 1. The molecule has 1 aromatic heterocycles. The van der Waals surface area contributed by atoms with E-state index in [4.69, 9.17) is 4.74 Å². The standard InChI is InChI=1S/C25H23F3N4O3/c1-15(33)31-13-19-14-32(25(34)35-19)18-6-8-20(22(26)10-18)21-7-5-16(23(27)24(21)28)11-29-12-17-4-2-3-9-30-17/h2-10,19,29H,11-14H2,1H3,(H,31,33)/t19-/m0/s1. The SMILES string of the molecule is CC(=O)NC[C@H]1CN(c2ccc(-c3ccc(CNCc4ccccn4)c(F)c3F)c(F)c2)C(=O)O1. The molecule has 0 bridgehead atoms. The van der Waals surface area contributed by atoms with Gasteiger partial charge in [0.2, 0.25) is 5.91 Å². The van der Waals surface area contributed by atoms with Gasteiger partial charge in [-0.1, -0.05) is 18.2 Å². The van der Waals surface area contributed by atoms with Crippen LogP contribution in [0.5, 0.6) is 0 Å². The van der Waals surface area contributed by atoms with E-state index in [0.29, 0.717) is 6.54 Å². The molecule has 2 N–H and O–H groups in total. The zero-order valence-electron chi connectivity index (χ0n) is 18.9. The van der Waals surface area contributed by atoms with Crippen molar-refractivity contribution in [1.29, 1.82) is 0 Å². The quantitative estimate of drug-likeness (QED) is 0.507. The molecule has 1 fully saturated rings. The number of benzene rings is 2. The van der Waals surface area contributed by atoms with Crippen molar-refractivity contribution in [2.45, 2.75) is 26.1 Å². The summed E-state index contributed by atoms with van der Waals surface area (Å²) in [4.78, 5) is 28.6. The third-order valence-electron chi connectivity index (χ3n) is 5.52. The Morgan fingerprint density at radius 3 is 2.60 bits per heavy atom. The van der Waals surface area contributed by atoms with E-state index >= 15 is 0 Å². The van der Waals surface area contributed by atoms with Crippen LogP contribution in [-0.2, 0) is 22.6 Å². The zero-order chi connectivity index (χ0) is 24.9. The van der Waals surface area contributed by atoms with Gasteiger partial charge in [0.05, 0.1) is 24.5 Å². The molecule has 0 unspecified atom stereocenters. The van der Waals surface area contributed by atoms with Gasteiger partial charge in [0.1, 0.15) is 11.9 Å². The molecular weight excluding hydrogens is 461 g/mol. The molecule has 2 aromatic carbocycles. The molecule has 35 heavy (non-hydrogen) atoms. The number of aromatic nitrogens is 1. The molecule has 0 saturated carbocycles. The van der Waals surface area contributed by atoms with Gasteiger partial charge in [0, 0.05) is 42.9 Å². The molecule has 10 heteroatoms. The van der Waals surface area contributed by atoms with Crippen molar-refractivity contribution in [3.05, 3.63) is 83.4 Å². The maximum atomic E-state index is 14.9. The minimum absolute atomic E-state index is 0.0672. The van der Waals surface area contributed by atoms with Crippen molar-refractivity contribution in [3.8, 4) is 11.1 Å². The van der Waals surface area contributed by atoms with Crippen LogP contribution in [0.25, 0.3) is 11.1 Å². The monoisotopic (exact) mass is 484 g/mol. The fraction of sp³-hybridized carbons (Fsp3) is 0.240. The van der Waals surface area contributed by atoms with Crippen LogP contribution in [-0.4, -0.2) is 36.2 Å². The summed E-state index contributed by atoms with van der Waals surface area (Å²) < 4.78 is 49.6. The zero-order valence-corrected chi connectivity index (χ0v) is 18.9. The Bertz CT molecular complexity index is 1240. The van der Waals surface area contributed by atoms with Crippen LogP contribution in [0.1, 0.15) is 18.2 Å². The summed E-state index contributed by atoms with van der Waals surface area (Å²) in [7, 11) is 0. The van der Waals surface area contributed by atoms with Crippen molar-refractivity contribution in [3.63, 3.8) is 0 Å². The lowest BCUT2D eigenvalue weighted by Gasteiger charge is -2.15. The van der Waals surface area contributed by atoms with Crippen molar-refractivity contribution in [2.75, 3.05) is 18.0 Å². The summed E-state index contributed by atoms with van der Waals surface area (Å²) in [5.74, 6) is -3.31. The van der Waals surface area contributed by atoms with E-state index < -0.39 is 29.6 Å². The number of nitrogens with one attached hydrogen (secondary N) is 2. The van der Waals surface area contributed by atoms with Crippen LogP contribution >= 0.6 is 0 Å². The lowest BCUT2D eigenvalue weighted by atomic mass is 10.0. The summed E-state index contributed by atoms with van der Waals surface area (Å²) in [6.45, 7) is 2.03. The van der Waals surface area contributed by atoms with E-state index in [1.165, 1.54) is 36.1 Å². The topological polar surface area (TPSA) is 83.6 Å². The van der Waals surface area contributed by atoms with E-state index in [9.17, 15) is 22.8 Å². The molecule has 0 spiro atoms. The van der Waals surface area contributed by atoms with Crippen LogP contribution in [0.3, 0.4) is 0 Å². The van der Waals surface area contributed by atoms with Crippen LogP contribution in [0, 0.1) is 17.5 Å². The third-order valence-corrected chi connectivity index (χ3v) is 5.52. The Balaban J connectivity index is 1.46. The molecule has 2 heterocycles. The predicted molar refractivity (Wildman–Crippen MR) is 123 cm³/mol. The van der Waals surface area contributed by atoms with Crippen molar-refractivity contribution >= 4 is 17.7 Å². The maximum Gasteiger partial charge on any atom is 0.414 e. The van der Waals surface area contributed by atoms with Crippen LogP contribution in [0.4, 0.5) is 23.7 Å². The number of anilines is 1. The Hall–Kier alpha value is -3.92. The molecule has 0 radical (unpaired) electrons. The number of nitrogens with zero attached hydrogens (tertiary/aromatic N) is 2. The van der Waals surface area contributed by atoms with Crippen LogP contribution in [0.2, 0.25) is 0 Å². The fourth-order valence-corrected chi connectivity index (χ4v) is 3.75. The summed E-state index contributed by atoms with van der Waals surface area (Å²) in [5.41, 5.74) is 0.700. The number of carbonyl (C=O) groups excluding carboxylic acids is 2. The molecule has 3 aromatic rings. The first-order valence-electron chi connectivity index (χ1n) is 10.9. The van der Waals surface area contributed by atoms with Crippen LogP contribution in [0.15, 0.2) is 54.7 Å². The number of hydrogen-bond donors (Lipinski definition) is 2. The molecule has 1 aliphatic rings. The first-order chi connectivity index (χ1) is 16.8. The number of amides is 2. The summed E-state index contributed by atoms with van der Waals surface area (Å²) in [5, 5.41) is 5.56. The molecule has 182 valence electrons. The third kappa shape index (κ3) is 5.60. The minimum atomic E-state index is -1.16. The highest BCUT2D eigenvalue weighted by Crippen LogP contribution is 2.32. The molecule has 1 atom stereocenters. The second-order valence-electron chi connectivity index (χ2n) is 8.04. The number of pyridine rings is 1. The van der Waals surface area contributed by atoms with Gasteiger partial charge in [-0.25, -0.2) is 18.0 Å². The maximum absolute atomic E-state index is 14.9. The average molecular weight is 484 g/mol. The molecule has 2 amide bonds. The van der Waals surface area contributed by atoms with Crippen LogP contribution < -0.4 is 15.5 Å². The number of halogens is 3. The smallest absolute Gasteiger partial charge is 0.414 e.